The lowest BCUT2D eigenvalue weighted by Gasteiger charge is -2.34. The largest absolute Gasteiger partial charge is 0.440 e. The zero-order valence-electron chi connectivity index (χ0n) is 22.0. The van der Waals surface area contributed by atoms with Gasteiger partial charge < -0.3 is 14.5 Å². The summed E-state index contributed by atoms with van der Waals surface area (Å²) in [6.45, 7) is 12.4. The molecular weight excluding hydrogens is 486 g/mol. The van der Waals surface area contributed by atoms with Crippen LogP contribution in [-0.4, -0.2) is 49.6 Å². The molecule has 0 saturated carbocycles. The highest BCUT2D eigenvalue weighted by Gasteiger charge is 2.51. The van der Waals surface area contributed by atoms with Crippen molar-refractivity contribution in [2.45, 2.75) is 43.1 Å². The van der Waals surface area contributed by atoms with Gasteiger partial charge in [0.05, 0.1) is 5.56 Å². The van der Waals surface area contributed by atoms with Gasteiger partial charge in [0.25, 0.3) is 0 Å². The van der Waals surface area contributed by atoms with Crippen molar-refractivity contribution in [2.75, 3.05) is 48.5 Å². The Kier molecular flexibility index (Phi) is 8.20. The minimum absolute atomic E-state index is 0.335. The summed E-state index contributed by atoms with van der Waals surface area (Å²) in [6, 6.07) is 15.0. The van der Waals surface area contributed by atoms with Gasteiger partial charge in [-0.2, -0.15) is 0 Å². The number of hydrogen-bond donors (Lipinski definition) is 0. The van der Waals surface area contributed by atoms with Gasteiger partial charge in [-0.25, -0.2) is 4.79 Å². The highest BCUT2D eigenvalue weighted by Crippen LogP contribution is 2.52. The Morgan fingerprint density at radius 1 is 0.778 bits per heavy atom. The van der Waals surface area contributed by atoms with Gasteiger partial charge >= 0.3 is 5.97 Å². The van der Waals surface area contributed by atoms with Crippen LogP contribution in [0.5, 0.6) is 0 Å². The zero-order valence-corrected chi connectivity index (χ0v) is 23.6. The second-order valence-corrected chi connectivity index (χ2v) is 10.3. The Balaban J connectivity index is 2.02. The van der Waals surface area contributed by atoms with Gasteiger partial charge in [0.1, 0.15) is 0 Å². The molecule has 2 heterocycles. The van der Waals surface area contributed by atoms with E-state index in [0.717, 1.165) is 52.7 Å². The average molecular weight is 522 g/mol. The minimum atomic E-state index is -1.05. The van der Waals surface area contributed by atoms with Crippen LogP contribution in [0.3, 0.4) is 0 Å². The Morgan fingerprint density at radius 2 is 1.28 bits per heavy atom. The average Bonchev–Trinajstić information content (AvgIpc) is 3.22. The summed E-state index contributed by atoms with van der Waals surface area (Å²) in [4.78, 5) is 24.4. The molecule has 190 valence electrons. The monoisotopic (exact) mass is 521 g/mol. The first kappa shape index (κ1) is 26.4. The van der Waals surface area contributed by atoms with Crippen molar-refractivity contribution >= 4 is 40.9 Å². The minimum Gasteiger partial charge on any atom is -0.440 e. The lowest BCUT2D eigenvalue weighted by atomic mass is 9.80. The molecule has 1 aliphatic heterocycles. The van der Waals surface area contributed by atoms with E-state index in [9.17, 15) is 4.79 Å². The van der Waals surface area contributed by atoms with Gasteiger partial charge in [-0.15, -0.1) is 23.5 Å². The van der Waals surface area contributed by atoms with Crippen LogP contribution in [0, 0.1) is 0 Å². The van der Waals surface area contributed by atoms with E-state index in [4.69, 9.17) is 4.74 Å². The maximum absolute atomic E-state index is 13.3. The van der Waals surface area contributed by atoms with Crippen LogP contribution in [0.2, 0.25) is 0 Å². The number of carbonyl (C=O) groups is 1. The summed E-state index contributed by atoms with van der Waals surface area (Å²) in [5, 5.41) is 0. The summed E-state index contributed by atoms with van der Waals surface area (Å²) < 4.78 is 6.45. The standard InChI is InChI=1S/C29H35N3O2S2/c1-7-31(8-2)20-11-13-24(26(17-20)35-5)29(23-15-16-30-19-22(23)28(33)34-29)25-14-12-21(18-27(25)36-6)32(9-3)10-4/h11-19H,7-10H2,1-6H3. The molecule has 2 aromatic carbocycles. The predicted molar refractivity (Wildman–Crippen MR) is 153 cm³/mol. The fourth-order valence-corrected chi connectivity index (χ4v) is 6.51. The summed E-state index contributed by atoms with van der Waals surface area (Å²) in [5.74, 6) is -0.335. The molecule has 0 aliphatic carbocycles. The normalized spacial score (nSPS) is 13.9. The van der Waals surface area contributed by atoms with Gasteiger partial charge in [-0.05, 0) is 70.5 Å². The zero-order chi connectivity index (χ0) is 25.9. The van der Waals surface area contributed by atoms with Gasteiger partial charge in [-0.1, -0.05) is 12.1 Å². The lowest BCUT2D eigenvalue weighted by Crippen LogP contribution is -2.32. The predicted octanol–water partition coefficient (Wildman–Crippen LogP) is 6.68. The van der Waals surface area contributed by atoms with Crippen molar-refractivity contribution in [3.05, 3.63) is 77.1 Å². The van der Waals surface area contributed by atoms with Crippen molar-refractivity contribution in [3.63, 3.8) is 0 Å². The Labute approximate surface area is 223 Å². The lowest BCUT2D eigenvalue weighted by molar-refractivity contribution is 0.0236. The molecule has 0 radical (unpaired) electrons. The number of aromatic nitrogens is 1. The molecule has 0 unspecified atom stereocenters. The molecule has 7 heteroatoms. The molecule has 4 rings (SSSR count). The number of esters is 1. The number of ether oxygens (including phenoxy) is 1. The van der Waals surface area contributed by atoms with Crippen molar-refractivity contribution in [3.8, 4) is 0 Å². The van der Waals surface area contributed by atoms with Crippen molar-refractivity contribution in [1.29, 1.82) is 0 Å². The van der Waals surface area contributed by atoms with E-state index < -0.39 is 5.60 Å². The highest BCUT2D eigenvalue weighted by molar-refractivity contribution is 7.99. The van der Waals surface area contributed by atoms with E-state index in [0.29, 0.717) is 5.56 Å². The highest BCUT2D eigenvalue weighted by atomic mass is 32.2. The van der Waals surface area contributed by atoms with Crippen LogP contribution in [0.15, 0.2) is 64.6 Å². The number of fused-ring (bicyclic) bond motifs is 1. The summed E-state index contributed by atoms with van der Waals surface area (Å²) in [7, 11) is 0. The molecule has 0 amide bonds. The van der Waals surface area contributed by atoms with E-state index in [1.807, 2.05) is 6.07 Å². The fraction of sp³-hybridized carbons (Fsp3) is 0.379. The van der Waals surface area contributed by atoms with Crippen molar-refractivity contribution < 1.29 is 9.53 Å². The molecule has 0 spiro atoms. The molecule has 0 atom stereocenters. The van der Waals surface area contributed by atoms with Crippen LogP contribution >= 0.6 is 23.5 Å². The molecule has 1 aromatic heterocycles. The van der Waals surface area contributed by atoms with E-state index in [1.165, 1.54) is 11.4 Å². The number of thioether (sulfide) groups is 2. The number of nitrogens with zero attached hydrogens (tertiary/aromatic N) is 3. The number of anilines is 2. The van der Waals surface area contributed by atoms with E-state index in [-0.39, 0.29) is 5.97 Å². The molecule has 5 nitrogen and oxygen atoms in total. The Morgan fingerprint density at radius 3 is 1.72 bits per heavy atom. The second kappa shape index (κ2) is 11.2. The summed E-state index contributed by atoms with van der Waals surface area (Å²) in [6.07, 6.45) is 7.55. The number of carbonyl (C=O) groups excluding carboxylic acids is 1. The first-order chi connectivity index (χ1) is 17.5. The molecule has 3 aromatic rings. The second-order valence-electron chi connectivity index (χ2n) is 8.61. The van der Waals surface area contributed by atoms with Gasteiger partial charge in [0, 0.05) is 76.4 Å². The first-order valence-electron chi connectivity index (χ1n) is 12.5. The summed E-state index contributed by atoms with van der Waals surface area (Å²) in [5.41, 5.74) is 4.63. The van der Waals surface area contributed by atoms with Crippen LogP contribution in [0.4, 0.5) is 11.4 Å². The maximum atomic E-state index is 13.3. The van der Waals surface area contributed by atoms with Crippen LogP contribution < -0.4 is 9.80 Å². The van der Waals surface area contributed by atoms with Crippen LogP contribution in [0.25, 0.3) is 0 Å². The molecule has 0 N–H and O–H groups in total. The van der Waals surface area contributed by atoms with Crippen LogP contribution in [0.1, 0.15) is 54.7 Å². The number of hydrogen-bond acceptors (Lipinski definition) is 7. The smallest absolute Gasteiger partial charge is 0.341 e. The van der Waals surface area contributed by atoms with Gasteiger partial charge in [-0.3, -0.25) is 4.98 Å². The van der Waals surface area contributed by atoms with E-state index >= 15 is 0 Å². The Hall–Kier alpha value is -2.64. The van der Waals surface area contributed by atoms with E-state index in [2.05, 4.69) is 91.4 Å². The summed E-state index contributed by atoms with van der Waals surface area (Å²) >= 11 is 3.37. The van der Waals surface area contributed by atoms with Crippen molar-refractivity contribution in [1.82, 2.24) is 4.98 Å². The van der Waals surface area contributed by atoms with Gasteiger partial charge in [0.2, 0.25) is 0 Å². The first-order valence-corrected chi connectivity index (χ1v) is 15.0. The van der Waals surface area contributed by atoms with Gasteiger partial charge in [0.15, 0.2) is 5.60 Å². The molecule has 36 heavy (non-hydrogen) atoms. The number of benzene rings is 2. The van der Waals surface area contributed by atoms with E-state index in [1.54, 1.807) is 35.9 Å². The molecule has 0 fully saturated rings. The molecule has 0 saturated heterocycles. The maximum Gasteiger partial charge on any atom is 0.341 e. The quantitative estimate of drug-likeness (QED) is 0.218. The molecular formula is C29H35N3O2S2. The van der Waals surface area contributed by atoms with Crippen LogP contribution in [-0.2, 0) is 10.3 Å². The Bertz CT molecular complexity index is 1180. The number of rotatable bonds is 10. The number of pyridine rings is 1. The third-order valence-electron chi connectivity index (χ3n) is 7.05. The third-order valence-corrected chi connectivity index (χ3v) is 8.61. The molecule has 1 aliphatic rings. The SMILES string of the molecule is CCN(CC)c1ccc(C2(c3ccc(N(CC)CC)cc3SC)OC(=O)c3cnccc32)c(SC)c1. The fourth-order valence-electron chi connectivity index (χ4n) is 5.17. The topological polar surface area (TPSA) is 45.7 Å². The third kappa shape index (κ3) is 4.37. The molecule has 0 bridgehead atoms. The number of cyclic esters (lactones) is 1. The van der Waals surface area contributed by atoms with Crippen molar-refractivity contribution in [2.24, 2.45) is 0 Å².